The normalized spacial score (nSPS) is 16.2. The maximum atomic E-state index is 12.8. The van der Waals surface area contributed by atoms with E-state index < -0.39 is 5.76 Å². The van der Waals surface area contributed by atoms with E-state index in [0.29, 0.717) is 17.0 Å². The van der Waals surface area contributed by atoms with Gasteiger partial charge in [-0.05, 0) is 49.8 Å². The number of oxazole rings is 1. The van der Waals surface area contributed by atoms with Gasteiger partial charge in [0.15, 0.2) is 5.58 Å². The van der Waals surface area contributed by atoms with Crippen LogP contribution in [0.1, 0.15) is 25.3 Å². The third kappa shape index (κ3) is 4.11. The average Bonchev–Trinajstić information content (AvgIpc) is 3.08. The molecule has 2 N–H and O–H groups in total. The molecular weight excluding hydrogens is 354 g/mol. The van der Waals surface area contributed by atoms with Crippen molar-refractivity contribution >= 4 is 22.7 Å². The molecule has 0 spiro atoms. The van der Waals surface area contributed by atoms with Crippen LogP contribution in [-0.4, -0.2) is 34.9 Å². The fourth-order valence-corrected chi connectivity index (χ4v) is 3.93. The van der Waals surface area contributed by atoms with Gasteiger partial charge < -0.3 is 14.6 Å². The molecule has 6 heteroatoms. The van der Waals surface area contributed by atoms with Gasteiger partial charge in [-0.25, -0.2) is 4.79 Å². The monoisotopic (exact) mass is 379 g/mol. The van der Waals surface area contributed by atoms with E-state index in [-0.39, 0.29) is 11.9 Å². The molecule has 0 radical (unpaired) electrons. The van der Waals surface area contributed by atoms with Gasteiger partial charge in [-0.2, -0.15) is 0 Å². The number of carbonyl (C=O) groups is 1. The maximum Gasteiger partial charge on any atom is 0.417 e. The smallest absolute Gasteiger partial charge is 0.408 e. The highest BCUT2D eigenvalue weighted by Crippen LogP contribution is 2.23. The summed E-state index contributed by atoms with van der Waals surface area (Å²) in [6.07, 6.45) is 3.15. The number of rotatable bonds is 5. The first-order valence-corrected chi connectivity index (χ1v) is 9.80. The molecule has 1 atom stereocenters. The molecule has 0 aliphatic carbocycles. The molecule has 2 heterocycles. The zero-order chi connectivity index (χ0) is 19.5. The van der Waals surface area contributed by atoms with Crippen LogP contribution < -0.4 is 11.1 Å². The molecule has 1 aromatic heterocycles. The number of amides is 1. The summed E-state index contributed by atoms with van der Waals surface area (Å²) >= 11 is 0. The van der Waals surface area contributed by atoms with Gasteiger partial charge in [0.25, 0.3) is 0 Å². The molecule has 1 aliphatic heterocycles. The lowest BCUT2D eigenvalue weighted by molar-refractivity contribution is -0.133. The van der Waals surface area contributed by atoms with Gasteiger partial charge in [-0.3, -0.25) is 9.78 Å². The molecule has 1 amide bonds. The van der Waals surface area contributed by atoms with E-state index in [1.165, 1.54) is 5.56 Å². The summed E-state index contributed by atoms with van der Waals surface area (Å²) in [6, 6.07) is 15.6. The maximum absolute atomic E-state index is 12.8. The van der Waals surface area contributed by atoms with Crippen molar-refractivity contribution in [3.05, 3.63) is 64.6 Å². The van der Waals surface area contributed by atoms with Gasteiger partial charge >= 0.3 is 5.76 Å². The highest BCUT2D eigenvalue weighted by atomic mass is 16.4. The quantitative estimate of drug-likeness (QED) is 0.712. The molecule has 1 fully saturated rings. The van der Waals surface area contributed by atoms with Crippen molar-refractivity contribution in [2.75, 3.05) is 18.4 Å². The van der Waals surface area contributed by atoms with Gasteiger partial charge in [0.1, 0.15) is 6.04 Å². The first kappa shape index (κ1) is 18.3. The van der Waals surface area contributed by atoms with Crippen LogP contribution in [0, 0.1) is 5.92 Å². The Labute approximate surface area is 163 Å². The molecule has 6 nitrogen and oxygen atoms in total. The molecule has 1 aliphatic rings. The zero-order valence-electron chi connectivity index (χ0n) is 16.0. The molecule has 1 saturated heterocycles. The molecular formula is C22H25N3O3. The number of H-pyrrole nitrogens is 1. The molecule has 0 saturated carbocycles. The molecule has 146 valence electrons. The number of nitrogens with zero attached hydrogens (tertiary/aromatic N) is 1. The van der Waals surface area contributed by atoms with Gasteiger partial charge in [0, 0.05) is 24.8 Å². The largest absolute Gasteiger partial charge is 0.417 e. The Morgan fingerprint density at radius 1 is 1.21 bits per heavy atom. The van der Waals surface area contributed by atoms with Crippen LogP contribution in [0.2, 0.25) is 0 Å². The first-order valence-electron chi connectivity index (χ1n) is 9.80. The van der Waals surface area contributed by atoms with E-state index in [0.717, 1.165) is 38.0 Å². The Morgan fingerprint density at radius 2 is 1.96 bits per heavy atom. The summed E-state index contributed by atoms with van der Waals surface area (Å²) in [4.78, 5) is 28.7. The number of anilines is 1. The van der Waals surface area contributed by atoms with E-state index in [4.69, 9.17) is 4.42 Å². The third-order valence-corrected chi connectivity index (χ3v) is 5.47. The van der Waals surface area contributed by atoms with Crippen LogP contribution in [0.25, 0.3) is 11.1 Å². The Kier molecular flexibility index (Phi) is 5.19. The summed E-state index contributed by atoms with van der Waals surface area (Å²) in [5.74, 6) is 0.261. The summed E-state index contributed by atoms with van der Waals surface area (Å²) < 4.78 is 5.08. The van der Waals surface area contributed by atoms with E-state index in [1.54, 1.807) is 12.1 Å². The summed E-state index contributed by atoms with van der Waals surface area (Å²) in [5, 5.41) is 3.22. The number of piperidine rings is 1. The first-order chi connectivity index (χ1) is 13.6. The van der Waals surface area contributed by atoms with Crippen molar-refractivity contribution in [2.45, 2.75) is 32.2 Å². The van der Waals surface area contributed by atoms with Crippen LogP contribution in [-0.2, 0) is 11.2 Å². The van der Waals surface area contributed by atoms with E-state index in [1.807, 2.05) is 24.0 Å². The summed E-state index contributed by atoms with van der Waals surface area (Å²) in [7, 11) is 0. The predicted octanol–water partition coefficient (Wildman–Crippen LogP) is 3.40. The minimum absolute atomic E-state index is 0.105. The molecule has 4 rings (SSSR count). The minimum atomic E-state index is -0.477. The molecule has 1 unspecified atom stereocenters. The number of nitrogens with one attached hydrogen (secondary N) is 2. The molecule has 2 aromatic carbocycles. The third-order valence-electron chi connectivity index (χ3n) is 5.47. The lowest BCUT2D eigenvalue weighted by Crippen LogP contribution is -2.45. The number of carbonyl (C=O) groups excluding carboxylic acids is 1. The SMILES string of the molecule is CC(Nc1ccc2[nH]c(=O)oc2c1)C(=O)N1CCC(Cc2ccccc2)CC1. The Balaban J connectivity index is 1.32. The van der Waals surface area contributed by atoms with Gasteiger partial charge in [0.05, 0.1) is 5.52 Å². The van der Waals surface area contributed by atoms with Crippen molar-refractivity contribution in [3.8, 4) is 0 Å². The van der Waals surface area contributed by atoms with Crippen LogP contribution in [0.3, 0.4) is 0 Å². The number of benzene rings is 2. The summed E-state index contributed by atoms with van der Waals surface area (Å²) in [6.45, 7) is 3.47. The summed E-state index contributed by atoms with van der Waals surface area (Å²) in [5.41, 5.74) is 3.26. The van der Waals surface area contributed by atoms with Crippen LogP contribution in [0.5, 0.6) is 0 Å². The van der Waals surface area contributed by atoms with Crippen LogP contribution in [0.15, 0.2) is 57.7 Å². The Hall–Kier alpha value is -3.02. The number of hydrogen-bond acceptors (Lipinski definition) is 4. The highest BCUT2D eigenvalue weighted by molar-refractivity contribution is 5.85. The number of aromatic nitrogens is 1. The van der Waals surface area contributed by atoms with Gasteiger partial charge in [0.2, 0.25) is 5.91 Å². The van der Waals surface area contributed by atoms with Crippen molar-refractivity contribution in [3.63, 3.8) is 0 Å². The molecule has 0 bridgehead atoms. The lowest BCUT2D eigenvalue weighted by Gasteiger charge is -2.34. The fraction of sp³-hybridized carbons (Fsp3) is 0.364. The Bertz CT molecular complexity index is 1000. The van der Waals surface area contributed by atoms with Crippen LogP contribution >= 0.6 is 0 Å². The number of likely N-dealkylation sites (tertiary alicyclic amines) is 1. The van der Waals surface area contributed by atoms with E-state index in [9.17, 15) is 9.59 Å². The Morgan fingerprint density at radius 3 is 2.71 bits per heavy atom. The van der Waals surface area contributed by atoms with Gasteiger partial charge in [-0.1, -0.05) is 30.3 Å². The van der Waals surface area contributed by atoms with Crippen molar-refractivity contribution in [1.29, 1.82) is 0 Å². The van der Waals surface area contributed by atoms with Crippen molar-refractivity contribution in [1.82, 2.24) is 9.88 Å². The predicted molar refractivity (Wildman–Crippen MR) is 109 cm³/mol. The topological polar surface area (TPSA) is 78.3 Å². The number of hydrogen-bond donors (Lipinski definition) is 2. The van der Waals surface area contributed by atoms with Crippen LogP contribution in [0.4, 0.5) is 5.69 Å². The number of fused-ring (bicyclic) bond motifs is 1. The standard InChI is InChI=1S/C22H25N3O3/c1-15(23-18-7-8-19-20(14-18)28-22(27)24-19)21(26)25-11-9-17(10-12-25)13-16-5-3-2-4-6-16/h2-8,14-15,17,23H,9-13H2,1H3,(H,24,27). The van der Waals surface area contributed by atoms with Gasteiger partial charge in [-0.15, -0.1) is 0 Å². The highest BCUT2D eigenvalue weighted by Gasteiger charge is 2.26. The second-order valence-corrected chi connectivity index (χ2v) is 7.55. The fourth-order valence-electron chi connectivity index (χ4n) is 3.93. The second kappa shape index (κ2) is 7.92. The van der Waals surface area contributed by atoms with Crippen molar-refractivity contribution in [2.24, 2.45) is 5.92 Å². The molecule has 28 heavy (non-hydrogen) atoms. The van der Waals surface area contributed by atoms with Crippen molar-refractivity contribution < 1.29 is 9.21 Å². The van der Waals surface area contributed by atoms with E-state index >= 15 is 0 Å². The van der Waals surface area contributed by atoms with E-state index in [2.05, 4.69) is 34.6 Å². The lowest BCUT2D eigenvalue weighted by atomic mass is 9.90. The average molecular weight is 379 g/mol. The minimum Gasteiger partial charge on any atom is -0.408 e. The molecule has 3 aromatic rings. The zero-order valence-corrected chi connectivity index (χ0v) is 16.0. The second-order valence-electron chi connectivity index (χ2n) is 7.55. The number of aromatic amines is 1.